The van der Waals surface area contributed by atoms with Crippen LogP contribution in [0.3, 0.4) is 0 Å². The largest absolute Gasteiger partial charge is 0.495 e. The number of nitrogens with one attached hydrogen (secondary N) is 1. The predicted octanol–water partition coefficient (Wildman–Crippen LogP) is 3.81. The maximum Gasteiger partial charge on any atom is 0.193 e. The number of nitrogens with zero attached hydrogens (tertiary/aromatic N) is 1. The van der Waals surface area contributed by atoms with Crippen LogP contribution in [0.5, 0.6) is 5.75 Å². The fraction of sp³-hybridized carbons (Fsp3) is 0.235. The van der Waals surface area contributed by atoms with Gasteiger partial charge < -0.3 is 15.8 Å². The van der Waals surface area contributed by atoms with E-state index in [2.05, 4.69) is 10.3 Å². The van der Waals surface area contributed by atoms with Crippen LogP contribution in [0.2, 0.25) is 0 Å². The van der Waals surface area contributed by atoms with Gasteiger partial charge in [-0.2, -0.15) is 0 Å². The zero-order chi connectivity index (χ0) is 15.8. The van der Waals surface area contributed by atoms with E-state index in [9.17, 15) is 4.39 Å². The van der Waals surface area contributed by atoms with Gasteiger partial charge in [-0.3, -0.25) is 4.99 Å². The topological polar surface area (TPSA) is 59.6 Å². The molecule has 6 heteroatoms. The molecule has 0 spiro atoms. The van der Waals surface area contributed by atoms with Crippen LogP contribution >= 0.6 is 24.0 Å². The first-order valence-electron chi connectivity index (χ1n) is 7.13. The highest BCUT2D eigenvalue weighted by atomic mass is 127. The number of aryl methyl sites for hydroxylation is 1. The zero-order valence-corrected chi connectivity index (χ0v) is 15.3. The molecule has 124 valence electrons. The Morgan fingerprint density at radius 2 is 2.00 bits per heavy atom. The molecular formula is C17H21FIN3O. The normalized spacial score (nSPS) is 10.8. The fourth-order valence-corrected chi connectivity index (χ4v) is 2.10. The maximum absolute atomic E-state index is 13.0. The van der Waals surface area contributed by atoms with Crippen LogP contribution in [0, 0.1) is 5.82 Å². The van der Waals surface area contributed by atoms with Gasteiger partial charge in [0, 0.05) is 6.54 Å². The molecule has 0 unspecified atom stereocenters. The first kappa shape index (κ1) is 19.2. The number of para-hydroxylation sites is 2. The molecule has 0 heterocycles. The van der Waals surface area contributed by atoms with E-state index < -0.39 is 0 Å². The monoisotopic (exact) mass is 429 g/mol. The van der Waals surface area contributed by atoms with E-state index in [4.69, 9.17) is 10.5 Å². The van der Waals surface area contributed by atoms with Gasteiger partial charge in [0.1, 0.15) is 11.6 Å². The van der Waals surface area contributed by atoms with Gasteiger partial charge in [0.15, 0.2) is 5.96 Å². The van der Waals surface area contributed by atoms with Crippen molar-refractivity contribution in [3.63, 3.8) is 0 Å². The number of benzene rings is 2. The molecule has 0 saturated heterocycles. The van der Waals surface area contributed by atoms with Crippen LogP contribution in [0.1, 0.15) is 12.0 Å². The van der Waals surface area contributed by atoms with Gasteiger partial charge in [-0.05, 0) is 42.7 Å². The van der Waals surface area contributed by atoms with E-state index in [1.165, 1.54) is 6.07 Å². The molecule has 0 fully saturated rings. The van der Waals surface area contributed by atoms with E-state index in [-0.39, 0.29) is 29.8 Å². The zero-order valence-electron chi connectivity index (χ0n) is 13.0. The third-order valence-electron chi connectivity index (χ3n) is 3.16. The Hall–Kier alpha value is -1.83. The lowest BCUT2D eigenvalue weighted by molar-refractivity contribution is 0.417. The minimum Gasteiger partial charge on any atom is -0.495 e. The SMILES string of the molecule is COc1ccccc1NC(N)=NCCCc1cccc(F)c1.I. The van der Waals surface area contributed by atoms with Crippen molar-refractivity contribution < 1.29 is 9.13 Å². The Morgan fingerprint density at radius 3 is 2.74 bits per heavy atom. The van der Waals surface area contributed by atoms with Crippen LogP contribution in [-0.2, 0) is 6.42 Å². The highest BCUT2D eigenvalue weighted by Gasteiger charge is 2.02. The first-order valence-corrected chi connectivity index (χ1v) is 7.13. The molecule has 2 aromatic rings. The third-order valence-corrected chi connectivity index (χ3v) is 3.16. The Kier molecular flexibility index (Phi) is 8.39. The molecule has 2 rings (SSSR count). The molecule has 0 aromatic heterocycles. The Labute approximate surface area is 153 Å². The van der Waals surface area contributed by atoms with Crippen LogP contribution < -0.4 is 15.8 Å². The van der Waals surface area contributed by atoms with Gasteiger partial charge >= 0.3 is 0 Å². The summed E-state index contributed by atoms with van der Waals surface area (Å²) in [5.74, 6) is 0.836. The van der Waals surface area contributed by atoms with Gasteiger partial charge in [0.25, 0.3) is 0 Å². The number of hydrogen-bond acceptors (Lipinski definition) is 2. The Balaban J connectivity index is 0.00000264. The molecule has 23 heavy (non-hydrogen) atoms. The van der Waals surface area contributed by atoms with Gasteiger partial charge in [-0.1, -0.05) is 24.3 Å². The summed E-state index contributed by atoms with van der Waals surface area (Å²) in [5.41, 5.74) is 7.59. The average Bonchev–Trinajstić information content (AvgIpc) is 2.52. The highest BCUT2D eigenvalue weighted by Crippen LogP contribution is 2.22. The van der Waals surface area contributed by atoms with Gasteiger partial charge in [-0.25, -0.2) is 4.39 Å². The van der Waals surface area contributed by atoms with Gasteiger partial charge in [0.05, 0.1) is 12.8 Å². The smallest absolute Gasteiger partial charge is 0.193 e. The van der Waals surface area contributed by atoms with Crippen molar-refractivity contribution in [1.82, 2.24) is 0 Å². The second-order valence-corrected chi connectivity index (χ2v) is 4.83. The summed E-state index contributed by atoms with van der Waals surface area (Å²) in [5, 5.41) is 3.01. The van der Waals surface area contributed by atoms with Crippen LogP contribution in [-0.4, -0.2) is 19.6 Å². The summed E-state index contributed by atoms with van der Waals surface area (Å²) in [6.45, 7) is 0.574. The van der Waals surface area contributed by atoms with Crippen molar-refractivity contribution in [2.45, 2.75) is 12.8 Å². The summed E-state index contributed by atoms with van der Waals surface area (Å²) in [4.78, 5) is 4.27. The van der Waals surface area contributed by atoms with Crippen molar-refractivity contribution in [1.29, 1.82) is 0 Å². The van der Waals surface area contributed by atoms with Crippen molar-refractivity contribution >= 4 is 35.6 Å². The predicted molar refractivity (Wildman–Crippen MR) is 103 cm³/mol. The van der Waals surface area contributed by atoms with E-state index >= 15 is 0 Å². The van der Waals surface area contributed by atoms with Crippen molar-refractivity contribution in [2.75, 3.05) is 19.0 Å². The number of rotatable bonds is 6. The number of aliphatic imine (C=N–C) groups is 1. The minimum absolute atomic E-state index is 0. The summed E-state index contributed by atoms with van der Waals surface area (Å²) in [6.07, 6.45) is 1.57. The van der Waals surface area contributed by atoms with Crippen LogP contribution in [0.4, 0.5) is 10.1 Å². The molecule has 0 aliphatic heterocycles. The summed E-state index contributed by atoms with van der Waals surface area (Å²) < 4.78 is 18.3. The van der Waals surface area contributed by atoms with Crippen LogP contribution in [0.15, 0.2) is 53.5 Å². The molecule has 0 radical (unpaired) electrons. The van der Waals surface area contributed by atoms with E-state index in [1.807, 2.05) is 30.3 Å². The number of hydrogen-bond donors (Lipinski definition) is 2. The lowest BCUT2D eigenvalue weighted by Gasteiger charge is -2.10. The molecular weight excluding hydrogens is 408 g/mol. The second kappa shape index (κ2) is 10.0. The van der Waals surface area contributed by atoms with Gasteiger partial charge in [-0.15, -0.1) is 24.0 Å². The number of nitrogens with two attached hydrogens (primary N) is 1. The molecule has 0 saturated carbocycles. The molecule has 0 aliphatic rings. The van der Waals surface area contributed by atoms with E-state index in [0.717, 1.165) is 24.1 Å². The number of anilines is 1. The molecule has 0 amide bonds. The lowest BCUT2D eigenvalue weighted by atomic mass is 10.1. The molecule has 2 aromatic carbocycles. The van der Waals surface area contributed by atoms with E-state index in [1.54, 1.807) is 19.2 Å². The second-order valence-electron chi connectivity index (χ2n) is 4.83. The highest BCUT2D eigenvalue weighted by molar-refractivity contribution is 14.0. The third kappa shape index (κ3) is 6.43. The van der Waals surface area contributed by atoms with Crippen molar-refractivity contribution in [3.8, 4) is 5.75 Å². The summed E-state index contributed by atoms with van der Waals surface area (Å²) in [7, 11) is 1.60. The number of halogens is 2. The number of methoxy groups -OCH3 is 1. The molecule has 3 N–H and O–H groups in total. The number of guanidine groups is 1. The first-order chi connectivity index (χ1) is 10.7. The van der Waals surface area contributed by atoms with E-state index in [0.29, 0.717) is 18.3 Å². The Bertz CT molecular complexity index is 649. The lowest BCUT2D eigenvalue weighted by Crippen LogP contribution is -2.23. The van der Waals surface area contributed by atoms with Crippen LogP contribution in [0.25, 0.3) is 0 Å². The molecule has 0 atom stereocenters. The fourth-order valence-electron chi connectivity index (χ4n) is 2.10. The quantitative estimate of drug-likeness (QED) is 0.318. The Morgan fingerprint density at radius 1 is 1.22 bits per heavy atom. The number of ether oxygens (including phenoxy) is 1. The van der Waals surface area contributed by atoms with Crippen molar-refractivity contribution in [3.05, 3.63) is 59.9 Å². The minimum atomic E-state index is -0.210. The average molecular weight is 429 g/mol. The molecule has 4 nitrogen and oxygen atoms in total. The maximum atomic E-state index is 13.0. The molecule has 0 bridgehead atoms. The standard InChI is InChI=1S/C17H20FN3O.HI/c1-22-16-10-3-2-9-15(16)21-17(19)20-11-5-7-13-6-4-8-14(18)12-13;/h2-4,6,8-10,12H,5,7,11H2,1H3,(H3,19,20,21);1H. The van der Waals surface area contributed by atoms with Gasteiger partial charge in [0.2, 0.25) is 0 Å². The summed E-state index contributed by atoms with van der Waals surface area (Å²) in [6, 6.07) is 14.1. The summed E-state index contributed by atoms with van der Waals surface area (Å²) >= 11 is 0. The van der Waals surface area contributed by atoms with Crippen molar-refractivity contribution in [2.24, 2.45) is 10.7 Å². The molecule has 0 aliphatic carbocycles.